The van der Waals surface area contributed by atoms with Gasteiger partial charge in [-0.15, -0.1) is 0 Å². The van der Waals surface area contributed by atoms with Crippen LogP contribution in [0.3, 0.4) is 0 Å². The van der Waals surface area contributed by atoms with Crippen LogP contribution < -0.4 is 4.90 Å². The first-order chi connectivity index (χ1) is 9.52. The second kappa shape index (κ2) is 6.23. The van der Waals surface area contributed by atoms with Crippen LogP contribution in [0.1, 0.15) is 36.1 Å². The Bertz CT molecular complexity index is 516. The summed E-state index contributed by atoms with van der Waals surface area (Å²) in [7, 11) is 4.30. The Kier molecular flexibility index (Phi) is 4.61. The standard InChI is InChI=1S/C16H24N4/c1-12-10-13(2)18-16(15(12)11-17)20-8-5-6-14(7-9-20)19(3)4/h10,14H,5-9H2,1-4H3. The summed E-state index contributed by atoms with van der Waals surface area (Å²) in [6.07, 6.45) is 3.51. The minimum Gasteiger partial charge on any atom is -0.355 e. The summed E-state index contributed by atoms with van der Waals surface area (Å²) in [5, 5.41) is 9.41. The average molecular weight is 272 g/mol. The van der Waals surface area contributed by atoms with Crippen molar-refractivity contribution in [2.24, 2.45) is 0 Å². The molecule has 0 radical (unpaired) electrons. The highest BCUT2D eigenvalue weighted by molar-refractivity contribution is 5.58. The third kappa shape index (κ3) is 3.10. The van der Waals surface area contributed by atoms with Crippen LogP contribution >= 0.6 is 0 Å². The molecule has 0 spiro atoms. The Labute approximate surface area is 122 Å². The van der Waals surface area contributed by atoms with Crippen molar-refractivity contribution in [1.29, 1.82) is 5.26 Å². The van der Waals surface area contributed by atoms with E-state index >= 15 is 0 Å². The van der Waals surface area contributed by atoms with E-state index in [0.717, 1.165) is 48.6 Å². The fraction of sp³-hybridized carbons (Fsp3) is 0.625. The lowest BCUT2D eigenvalue weighted by Crippen LogP contribution is -2.30. The maximum absolute atomic E-state index is 9.41. The summed E-state index contributed by atoms with van der Waals surface area (Å²) < 4.78 is 0. The van der Waals surface area contributed by atoms with E-state index in [1.807, 2.05) is 19.9 Å². The van der Waals surface area contributed by atoms with Gasteiger partial charge in [0.15, 0.2) is 0 Å². The number of aromatic nitrogens is 1. The molecule has 2 heterocycles. The first-order valence-corrected chi connectivity index (χ1v) is 7.32. The molecule has 1 atom stereocenters. The summed E-state index contributed by atoms with van der Waals surface area (Å²) in [5.41, 5.74) is 2.76. The summed E-state index contributed by atoms with van der Waals surface area (Å²) >= 11 is 0. The molecule has 0 saturated carbocycles. The minimum absolute atomic E-state index is 0.636. The Balaban J connectivity index is 2.26. The van der Waals surface area contributed by atoms with Gasteiger partial charge < -0.3 is 9.80 Å². The second-order valence-electron chi connectivity index (χ2n) is 5.93. The molecule has 2 rings (SSSR count). The van der Waals surface area contributed by atoms with Crippen molar-refractivity contribution in [3.05, 3.63) is 22.9 Å². The Hall–Kier alpha value is -1.60. The average Bonchev–Trinajstić information content (AvgIpc) is 2.63. The van der Waals surface area contributed by atoms with E-state index in [9.17, 15) is 5.26 Å². The van der Waals surface area contributed by atoms with Gasteiger partial charge >= 0.3 is 0 Å². The third-order valence-corrected chi connectivity index (χ3v) is 4.16. The van der Waals surface area contributed by atoms with Crippen molar-refractivity contribution in [3.8, 4) is 6.07 Å². The molecule has 1 aromatic heterocycles. The zero-order valence-corrected chi connectivity index (χ0v) is 13.0. The van der Waals surface area contributed by atoms with Crippen molar-refractivity contribution in [2.45, 2.75) is 39.2 Å². The molecule has 0 amide bonds. The Morgan fingerprint density at radius 1 is 1.30 bits per heavy atom. The van der Waals surface area contributed by atoms with Gasteiger partial charge in [-0.25, -0.2) is 4.98 Å². The van der Waals surface area contributed by atoms with Crippen molar-refractivity contribution >= 4 is 5.82 Å². The topological polar surface area (TPSA) is 43.2 Å². The van der Waals surface area contributed by atoms with E-state index in [4.69, 9.17) is 0 Å². The summed E-state index contributed by atoms with van der Waals surface area (Å²) in [5.74, 6) is 0.879. The van der Waals surface area contributed by atoms with E-state index in [1.165, 1.54) is 6.42 Å². The van der Waals surface area contributed by atoms with E-state index in [1.54, 1.807) is 0 Å². The van der Waals surface area contributed by atoms with Crippen LogP contribution in [-0.4, -0.2) is 43.1 Å². The zero-order valence-electron chi connectivity index (χ0n) is 13.0. The molecule has 4 nitrogen and oxygen atoms in total. The Morgan fingerprint density at radius 2 is 2.05 bits per heavy atom. The highest BCUT2D eigenvalue weighted by atomic mass is 15.2. The third-order valence-electron chi connectivity index (χ3n) is 4.16. The zero-order chi connectivity index (χ0) is 14.7. The number of rotatable bonds is 2. The quantitative estimate of drug-likeness (QED) is 0.829. The van der Waals surface area contributed by atoms with Gasteiger partial charge in [-0.1, -0.05) is 0 Å². The van der Waals surface area contributed by atoms with Gasteiger partial charge in [0.2, 0.25) is 0 Å². The van der Waals surface area contributed by atoms with Crippen molar-refractivity contribution in [3.63, 3.8) is 0 Å². The number of hydrogen-bond acceptors (Lipinski definition) is 4. The van der Waals surface area contributed by atoms with Gasteiger partial charge in [0.05, 0.1) is 5.56 Å². The number of aryl methyl sites for hydroxylation is 2. The maximum atomic E-state index is 9.41. The molecule has 1 aliphatic heterocycles. The SMILES string of the molecule is Cc1cc(C)c(C#N)c(N2CCCC(N(C)C)CC2)n1. The maximum Gasteiger partial charge on any atom is 0.147 e. The van der Waals surface area contributed by atoms with Crippen LogP contribution in [-0.2, 0) is 0 Å². The van der Waals surface area contributed by atoms with Crippen LogP contribution in [0.2, 0.25) is 0 Å². The molecule has 1 saturated heterocycles. The fourth-order valence-electron chi connectivity index (χ4n) is 2.99. The van der Waals surface area contributed by atoms with Crippen molar-refractivity contribution < 1.29 is 0 Å². The van der Waals surface area contributed by atoms with Crippen LogP contribution in [0.5, 0.6) is 0 Å². The van der Waals surface area contributed by atoms with E-state index in [0.29, 0.717) is 6.04 Å². The van der Waals surface area contributed by atoms with Crippen LogP contribution in [0.15, 0.2) is 6.07 Å². The molecule has 1 fully saturated rings. The normalized spacial score (nSPS) is 19.8. The van der Waals surface area contributed by atoms with Crippen LogP contribution in [0.25, 0.3) is 0 Å². The predicted molar refractivity (Wildman–Crippen MR) is 82.0 cm³/mol. The summed E-state index contributed by atoms with van der Waals surface area (Å²) in [6.45, 7) is 5.97. The van der Waals surface area contributed by atoms with E-state index < -0.39 is 0 Å². The molecule has 4 heteroatoms. The van der Waals surface area contributed by atoms with Gasteiger partial charge in [0.1, 0.15) is 11.9 Å². The molecular weight excluding hydrogens is 248 g/mol. The molecule has 1 aromatic rings. The molecule has 0 aliphatic carbocycles. The molecule has 108 valence electrons. The number of nitriles is 1. The van der Waals surface area contributed by atoms with E-state index in [-0.39, 0.29) is 0 Å². The lowest BCUT2D eigenvalue weighted by Gasteiger charge is -2.25. The van der Waals surface area contributed by atoms with Gasteiger partial charge in [-0.3, -0.25) is 0 Å². The number of nitrogens with zero attached hydrogens (tertiary/aromatic N) is 4. The molecule has 1 unspecified atom stereocenters. The number of hydrogen-bond donors (Lipinski definition) is 0. The lowest BCUT2D eigenvalue weighted by molar-refractivity contribution is 0.272. The molecule has 20 heavy (non-hydrogen) atoms. The first-order valence-electron chi connectivity index (χ1n) is 7.32. The molecule has 1 aliphatic rings. The highest BCUT2D eigenvalue weighted by Gasteiger charge is 2.22. The van der Waals surface area contributed by atoms with Crippen molar-refractivity contribution in [1.82, 2.24) is 9.88 Å². The highest BCUT2D eigenvalue weighted by Crippen LogP contribution is 2.25. The van der Waals surface area contributed by atoms with Crippen molar-refractivity contribution in [2.75, 3.05) is 32.1 Å². The number of pyridine rings is 1. The second-order valence-corrected chi connectivity index (χ2v) is 5.93. The first kappa shape index (κ1) is 14.8. The largest absolute Gasteiger partial charge is 0.355 e. The van der Waals surface area contributed by atoms with E-state index in [2.05, 4.69) is 34.9 Å². The van der Waals surface area contributed by atoms with Crippen LogP contribution in [0, 0.1) is 25.2 Å². The van der Waals surface area contributed by atoms with Gasteiger partial charge in [-0.2, -0.15) is 5.26 Å². The Morgan fingerprint density at radius 3 is 2.70 bits per heavy atom. The molecule has 0 bridgehead atoms. The summed E-state index contributed by atoms with van der Waals surface area (Å²) in [6, 6.07) is 4.95. The molecule has 0 N–H and O–H groups in total. The van der Waals surface area contributed by atoms with Crippen LogP contribution in [0.4, 0.5) is 5.82 Å². The minimum atomic E-state index is 0.636. The van der Waals surface area contributed by atoms with Gasteiger partial charge in [0.25, 0.3) is 0 Å². The monoisotopic (exact) mass is 272 g/mol. The van der Waals surface area contributed by atoms with Gasteiger partial charge in [-0.05, 0) is 58.8 Å². The fourth-order valence-corrected chi connectivity index (χ4v) is 2.99. The predicted octanol–water partition coefficient (Wildman–Crippen LogP) is 2.49. The van der Waals surface area contributed by atoms with Gasteiger partial charge in [0, 0.05) is 24.8 Å². The summed E-state index contributed by atoms with van der Waals surface area (Å²) in [4.78, 5) is 9.23. The molecular formula is C16H24N4. The number of anilines is 1. The lowest BCUT2D eigenvalue weighted by atomic mass is 10.1. The smallest absolute Gasteiger partial charge is 0.147 e. The molecule has 0 aromatic carbocycles.